The second kappa shape index (κ2) is 7.43. The van der Waals surface area contributed by atoms with Crippen LogP contribution in [0.1, 0.15) is 35.7 Å². The Morgan fingerprint density at radius 3 is 2.61 bits per heavy atom. The molecule has 1 aliphatic heterocycles. The lowest BCUT2D eigenvalue weighted by atomic mass is 10.0. The number of oxazole rings is 1. The Morgan fingerprint density at radius 1 is 1.18 bits per heavy atom. The molecule has 2 aromatic heterocycles. The van der Waals surface area contributed by atoms with E-state index in [0.29, 0.717) is 18.8 Å². The average Bonchev–Trinajstić information content (AvgIpc) is 3.30. The van der Waals surface area contributed by atoms with Crippen LogP contribution in [-0.2, 0) is 32.2 Å². The summed E-state index contributed by atoms with van der Waals surface area (Å²) in [5.74, 6) is 0. The molecule has 0 bridgehead atoms. The number of aryl methyl sites for hydroxylation is 1. The number of alkyl halides is 3. The number of hydrogen-bond acceptors (Lipinski definition) is 4. The second-order valence-corrected chi connectivity index (χ2v) is 7.03. The van der Waals surface area contributed by atoms with Crippen molar-refractivity contribution >= 4 is 0 Å². The van der Waals surface area contributed by atoms with Gasteiger partial charge >= 0.3 is 6.18 Å². The molecule has 28 heavy (non-hydrogen) atoms. The summed E-state index contributed by atoms with van der Waals surface area (Å²) < 4.78 is 45.4. The van der Waals surface area contributed by atoms with E-state index in [0.717, 1.165) is 54.9 Å². The minimum absolute atomic E-state index is 0.592. The molecule has 0 spiro atoms. The first kappa shape index (κ1) is 18.7. The minimum Gasteiger partial charge on any atom is -0.451 e. The van der Waals surface area contributed by atoms with Gasteiger partial charge < -0.3 is 4.42 Å². The number of hydrogen-bond donors (Lipinski definition) is 0. The number of rotatable bonds is 5. The topological polar surface area (TPSA) is 47.1 Å². The SMILES string of the molecule is CCCn1nc(-c2cocn2)c2c1CCN(Cc1ccc(C(F)(F)F)cc1)C2. The fraction of sp³-hybridized carbons (Fsp3) is 0.400. The number of halogens is 3. The second-order valence-electron chi connectivity index (χ2n) is 7.03. The van der Waals surface area contributed by atoms with Gasteiger partial charge in [0.1, 0.15) is 17.7 Å². The Labute approximate surface area is 160 Å². The van der Waals surface area contributed by atoms with E-state index in [1.54, 1.807) is 18.4 Å². The van der Waals surface area contributed by atoms with Crippen LogP contribution in [0.15, 0.2) is 41.3 Å². The van der Waals surface area contributed by atoms with E-state index in [-0.39, 0.29) is 0 Å². The van der Waals surface area contributed by atoms with Gasteiger partial charge in [0.25, 0.3) is 0 Å². The zero-order valence-corrected chi connectivity index (χ0v) is 15.5. The molecule has 8 heteroatoms. The number of nitrogens with zero attached hydrogens (tertiary/aromatic N) is 4. The highest BCUT2D eigenvalue weighted by Gasteiger charge is 2.30. The molecule has 1 aromatic carbocycles. The van der Waals surface area contributed by atoms with Gasteiger partial charge in [0.2, 0.25) is 0 Å². The molecular weight excluding hydrogens is 369 g/mol. The first-order valence-electron chi connectivity index (χ1n) is 9.31. The van der Waals surface area contributed by atoms with E-state index in [2.05, 4.69) is 21.5 Å². The highest BCUT2D eigenvalue weighted by Crippen LogP contribution is 2.31. The molecule has 3 heterocycles. The summed E-state index contributed by atoms with van der Waals surface area (Å²) in [4.78, 5) is 6.47. The van der Waals surface area contributed by atoms with Gasteiger partial charge in [-0.1, -0.05) is 19.1 Å². The highest BCUT2D eigenvalue weighted by molar-refractivity contribution is 5.59. The van der Waals surface area contributed by atoms with Gasteiger partial charge in [-0.15, -0.1) is 0 Å². The Hall–Kier alpha value is -2.61. The monoisotopic (exact) mass is 390 g/mol. The summed E-state index contributed by atoms with van der Waals surface area (Å²) in [6, 6.07) is 5.39. The maximum atomic E-state index is 12.8. The molecule has 0 aliphatic carbocycles. The van der Waals surface area contributed by atoms with Crippen molar-refractivity contribution in [2.75, 3.05) is 6.54 Å². The predicted molar refractivity (Wildman–Crippen MR) is 97.3 cm³/mol. The molecule has 5 nitrogen and oxygen atoms in total. The fourth-order valence-electron chi connectivity index (χ4n) is 3.67. The quantitative estimate of drug-likeness (QED) is 0.642. The van der Waals surface area contributed by atoms with Crippen LogP contribution >= 0.6 is 0 Å². The molecule has 148 valence electrons. The van der Waals surface area contributed by atoms with Crippen molar-refractivity contribution in [3.8, 4) is 11.4 Å². The third kappa shape index (κ3) is 3.69. The zero-order chi connectivity index (χ0) is 19.7. The summed E-state index contributed by atoms with van der Waals surface area (Å²) >= 11 is 0. The van der Waals surface area contributed by atoms with E-state index < -0.39 is 11.7 Å². The molecule has 0 atom stereocenters. The summed E-state index contributed by atoms with van der Waals surface area (Å²) in [6.45, 7) is 5.07. The molecule has 0 amide bonds. The van der Waals surface area contributed by atoms with Gasteiger partial charge in [-0.25, -0.2) is 4.98 Å². The first-order valence-corrected chi connectivity index (χ1v) is 9.31. The highest BCUT2D eigenvalue weighted by atomic mass is 19.4. The van der Waals surface area contributed by atoms with Crippen LogP contribution in [0.5, 0.6) is 0 Å². The van der Waals surface area contributed by atoms with Crippen molar-refractivity contribution in [2.24, 2.45) is 0 Å². The summed E-state index contributed by atoms with van der Waals surface area (Å²) in [5.41, 5.74) is 4.12. The maximum absolute atomic E-state index is 12.8. The Bertz CT molecular complexity index is 930. The number of benzene rings is 1. The van der Waals surface area contributed by atoms with Crippen LogP contribution in [0.4, 0.5) is 13.2 Å². The van der Waals surface area contributed by atoms with Gasteiger partial charge in [0.05, 0.1) is 5.56 Å². The van der Waals surface area contributed by atoms with Crippen molar-refractivity contribution in [3.63, 3.8) is 0 Å². The van der Waals surface area contributed by atoms with Crippen molar-refractivity contribution in [1.82, 2.24) is 19.7 Å². The zero-order valence-electron chi connectivity index (χ0n) is 15.5. The van der Waals surface area contributed by atoms with Crippen molar-refractivity contribution < 1.29 is 17.6 Å². The third-order valence-electron chi connectivity index (χ3n) is 5.01. The van der Waals surface area contributed by atoms with E-state index in [9.17, 15) is 13.2 Å². The van der Waals surface area contributed by atoms with Crippen LogP contribution in [0.25, 0.3) is 11.4 Å². The lowest BCUT2D eigenvalue weighted by molar-refractivity contribution is -0.137. The summed E-state index contributed by atoms with van der Waals surface area (Å²) in [7, 11) is 0. The van der Waals surface area contributed by atoms with Crippen LogP contribution in [0, 0.1) is 0 Å². The van der Waals surface area contributed by atoms with Crippen LogP contribution < -0.4 is 0 Å². The van der Waals surface area contributed by atoms with Crippen molar-refractivity contribution in [2.45, 2.75) is 45.6 Å². The van der Waals surface area contributed by atoms with E-state index in [4.69, 9.17) is 9.52 Å². The molecule has 0 radical (unpaired) electrons. The summed E-state index contributed by atoms with van der Waals surface area (Å²) in [6.07, 6.45) is 0.512. The molecule has 0 N–H and O–H groups in total. The van der Waals surface area contributed by atoms with Crippen LogP contribution in [0.3, 0.4) is 0 Å². The molecule has 1 aliphatic rings. The Morgan fingerprint density at radius 2 is 1.96 bits per heavy atom. The molecular formula is C20H21F3N4O. The molecule has 0 saturated carbocycles. The number of aromatic nitrogens is 3. The molecule has 4 rings (SSSR count). The number of fused-ring (bicyclic) bond motifs is 1. The largest absolute Gasteiger partial charge is 0.451 e. The maximum Gasteiger partial charge on any atom is 0.416 e. The van der Waals surface area contributed by atoms with Gasteiger partial charge in [0.15, 0.2) is 6.39 Å². The molecule has 3 aromatic rings. The minimum atomic E-state index is -4.31. The van der Waals surface area contributed by atoms with Gasteiger partial charge in [-0.3, -0.25) is 9.58 Å². The van der Waals surface area contributed by atoms with Crippen molar-refractivity contribution in [1.29, 1.82) is 0 Å². The van der Waals surface area contributed by atoms with Crippen LogP contribution in [0.2, 0.25) is 0 Å². The van der Waals surface area contributed by atoms with Gasteiger partial charge in [-0.05, 0) is 24.1 Å². The average molecular weight is 390 g/mol. The first-order chi connectivity index (χ1) is 13.5. The lowest BCUT2D eigenvalue weighted by Gasteiger charge is -2.28. The standard InChI is InChI=1S/C20H21F3N4O/c1-2-8-27-18-7-9-26(10-14-3-5-15(6-4-14)20(21,22)23)11-16(18)19(25-27)17-12-28-13-24-17/h3-6,12-13H,2,7-11H2,1H3. The fourth-order valence-corrected chi connectivity index (χ4v) is 3.67. The molecule has 0 fully saturated rings. The predicted octanol–water partition coefficient (Wildman–Crippen LogP) is 4.53. The third-order valence-corrected chi connectivity index (χ3v) is 5.01. The smallest absolute Gasteiger partial charge is 0.416 e. The van der Waals surface area contributed by atoms with E-state index in [1.807, 2.05) is 0 Å². The van der Waals surface area contributed by atoms with Gasteiger partial charge in [-0.2, -0.15) is 18.3 Å². The van der Waals surface area contributed by atoms with Gasteiger partial charge in [0, 0.05) is 43.9 Å². The Kier molecular flexibility index (Phi) is 4.97. The summed E-state index contributed by atoms with van der Waals surface area (Å²) in [5, 5.41) is 4.75. The van der Waals surface area contributed by atoms with Crippen molar-refractivity contribution in [3.05, 3.63) is 59.3 Å². The van der Waals surface area contributed by atoms with E-state index in [1.165, 1.54) is 12.1 Å². The molecule has 0 saturated heterocycles. The van der Waals surface area contributed by atoms with Crippen LogP contribution in [-0.4, -0.2) is 26.2 Å². The lowest BCUT2D eigenvalue weighted by Crippen LogP contribution is -2.31. The molecule has 0 unspecified atom stereocenters. The Balaban J connectivity index is 1.56. The normalized spacial score (nSPS) is 15.0. The van der Waals surface area contributed by atoms with E-state index >= 15 is 0 Å².